The van der Waals surface area contributed by atoms with Crippen LogP contribution in [0.5, 0.6) is 0 Å². The molecule has 0 aliphatic rings. The first-order valence-electron chi connectivity index (χ1n) is 6.11. The second-order valence-corrected chi connectivity index (χ2v) is 4.44. The topological polar surface area (TPSA) is 58.0 Å². The van der Waals surface area contributed by atoms with Crippen LogP contribution in [0, 0.1) is 5.82 Å². The molecule has 0 unspecified atom stereocenters. The van der Waals surface area contributed by atoms with Gasteiger partial charge in [-0.3, -0.25) is 4.98 Å². The Morgan fingerprint density at radius 3 is 2.63 bits per heavy atom. The molecule has 0 saturated carbocycles. The van der Waals surface area contributed by atoms with Crippen molar-refractivity contribution in [1.29, 1.82) is 0 Å². The molecular weight excluding hydrogens is 245 g/mol. The highest BCUT2D eigenvalue weighted by Crippen LogP contribution is 2.19. The largest absolute Gasteiger partial charge is 0.388 e. The lowest BCUT2D eigenvalue weighted by molar-refractivity contribution is 0.162. The number of nitrogens with one attached hydrogen (secondary N) is 1. The van der Waals surface area contributed by atoms with Gasteiger partial charge in [-0.1, -0.05) is 12.1 Å². The Kier molecular flexibility index (Phi) is 4.41. The SMILES string of the molecule is C[C@@H](C[C@@H](O)c1ccc(F)cc1)Nc1cnccn1. The van der Waals surface area contributed by atoms with E-state index >= 15 is 0 Å². The zero-order valence-corrected chi connectivity index (χ0v) is 10.6. The van der Waals surface area contributed by atoms with Crippen LogP contribution in [0.4, 0.5) is 10.2 Å². The summed E-state index contributed by atoms with van der Waals surface area (Å²) in [6, 6.07) is 5.90. The average molecular weight is 261 g/mol. The molecule has 0 saturated heterocycles. The molecule has 100 valence electrons. The molecule has 4 nitrogen and oxygen atoms in total. The second-order valence-electron chi connectivity index (χ2n) is 4.44. The second kappa shape index (κ2) is 6.24. The van der Waals surface area contributed by atoms with Crippen molar-refractivity contribution in [2.75, 3.05) is 5.32 Å². The Morgan fingerprint density at radius 1 is 1.26 bits per heavy atom. The maximum atomic E-state index is 12.8. The molecule has 0 radical (unpaired) electrons. The van der Waals surface area contributed by atoms with Gasteiger partial charge in [-0.05, 0) is 31.0 Å². The van der Waals surface area contributed by atoms with E-state index in [0.717, 1.165) is 0 Å². The van der Waals surface area contributed by atoms with Crippen LogP contribution < -0.4 is 5.32 Å². The lowest BCUT2D eigenvalue weighted by Gasteiger charge is -2.18. The third-order valence-corrected chi connectivity index (χ3v) is 2.79. The molecular formula is C14H16FN3O. The molecule has 2 rings (SSSR count). The lowest BCUT2D eigenvalue weighted by atomic mass is 10.0. The van der Waals surface area contributed by atoms with E-state index in [4.69, 9.17) is 0 Å². The minimum atomic E-state index is -0.639. The number of aliphatic hydroxyl groups excluding tert-OH is 1. The van der Waals surface area contributed by atoms with Gasteiger partial charge in [0, 0.05) is 18.4 Å². The summed E-state index contributed by atoms with van der Waals surface area (Å²) in [6.07, 6.45) is 4.69. The summed E-state index contributed by atoms with van der Waals surface area (Å²) in [4.78, 5) is 8.06. The zero-order chi connectivity index (χ0) is 13.7. The Balaban J connectivity index is 1.91. The van der Waals surface area contributed by atoms with Crippen molar-refractivity contribution in [2.45, 2.75) is 25.5 Å². The van der Waals surface area contributed by atoms with E-state index in [1.165, 1.54) is 12.1 Å². The smallest absolute Gasteiger partial charge is 0.144 e. The molecule has 1 aromatic carbocycles. The van der Waals surface area contributed by atoms with E-state index in [-0.39, 0.29) is 11.9 Å². The molecule has 0 fully saturated rings. The van der Waals surface area contributed by atoms with Gasteiger partial charge >= 0.3 is 0 Å². The Hall–Kier alpha value is -2.01. The third-order valence-electron chi connectivity index (χ3n) is 2.79. The normalized spacial score (nSPS) is 13.8. The van der Waals surface area contributed by atoms with E-state index in [1.54, 1.807) is 30.7 Å². The fraction of sp³-hybridized carbons (Fsp3) is 0.286. The van der Waals surface area contributed by atoms with Crippen LogP contribution in [0.3, 0.4) is 0 Å². The number of hydrogen-bond acceptors (Lipinski definition) is 4. The zero-order valence-electron chi connectivity index (χ0n) is 10.6. The highest BCUT2D eigenvalue weighted by atomic mass is 19.1. The van der Waals surface area contributed by atoms with Crippen LogP contribution >= 0.6 is 0 Å². The van der Waals surface area contributed by atoms with Crippen molar-refractivity contribution in [3.63, 3.8) is 0 Å². The lowest BCUT2D eigenvalue weighted by Crippen LogP contribution is -2.19. The first-order valence-corrected chi connectivity index (χ1v) is 6.11. The molecule has 0 aliphatic carbocycles. The number of benzene rings is 1. The number of halogens is 1. The maximum absolute atomic E-state index is 12.8. The Bertz CT molecular complexity index is 504. The first-order chi connectivity index (χ1) is 9.15. The van der Waals surface area contributed by atoms with Crippen LogP contribution in [0.2, 0.25) is 0 Å². The summed E-state index contributed by atoms with van der Waals surface area (Å²) in [5.41, 5.74) is 0.703. The van der Waals surface area contributed by atoms with Gasteiger partial charge in [0.15, 0.2) is 0 Å². The minimum absolute atomic E-state index is 0.0248. The van der Waals surface area contributed by atoms with Gasteiger partial charge in [0.05, 0.1) is 12.3 Å². The summed E-state index contributed by atoms with van der Waals surface area (Å²) in [5.74, 6) is 0.364. The molecule has 19 heavy (non-hydrogen) atoms. The Labute approximate surface area is 111 Å². The predicted molar refractivity (Wildman–Crippen MR) is 71.1 cm³/mol. The van der Waals surface area contributed by atoms with Crippen LogP contribution in [0.25, 0.3) is 0 Å². The third kappa shape index (κ3) is 3.99. The molecule has 0 aliphatic heterocycles. The highest BCUT2D eigenvalue weighted by Gasteiger charge is 2.12. The molecule has 0 bridgehead atoms. The van der Waals surface area contributed by atoms with Gasteiger partial charge in [-0.25, -0.2) is 9.37 Å². The quantitative estimate of drug-likeness (QED) is 0.868. The molecule has 5 heteroatoms. The molecule has 0 amide bonds. The van der Waals surface area contributed by atoms with Gasteiger partial charge < -0.3 is 10.4 Å². The Morgan fingerprint density at radius 2 is 2.00 bits per heavy atom. The molecule has 0 spiro atoms. The number of hydrogen-bond donors (Lipinski definition) is 2. The predicted octanol–water partition coefficient (Wildman–Crippen LogP) is 2.54. The first kappa shape index (κ1) is 13.4. The minimum Gasteiger partial charge on any atom is -0.388 e. The van der Waals surface area contributed by atoms with E-state index in [2.05, 4.69) is 15.3 Å². The summed E-state index contributed by atoms with van der Waals surface area (Å²) >= 11 is 0. The summed E-state index contributed by atoms with van der Waals surface area (Å²) in [6.45, 7) is 1.95. The van der Waals surface area contributed by atoms with Crippen molar-refractivity contribution in [3.05, 3.63) is 54.2 Å². The van der Waals surface area contributed by atoms with E-state index in [1.807, 2.05) is 6.92 Å². The van der Waals surface area contributed by atoms with Gasteiger partial charge in [0.25, 0.3) is 0 Å². The molecule has 2 atom stereocenters. The average Bonchev–Trinajstić information content (AvgIpc) is 2.40. The van der Waals surface area contributed by atoms with Crippen molar-refractivity contribution < 1.29 is 9.50 Å². The van der Waals surface area contributed by atoms with E-state index in [9.17, 15) is 9.50 Å². The van der Waals surface area contributed by atoms with Crippen LogP contribution in [0.15, 0.2) is 42.9 Å². The summed E-state index contributed by atoms with van der Waals surface area (Å²) in [7, 11) is 0. The standard InChI is InChI=1S/C14H16FN3O/c1-10(18-14-9-16-6-7-17-14)8-13(19)11-2-4-12(15)5-3-11/h2-7,9-10,13,19H,8H2,1H3,(H,17,18)/t10-,13+/m0/s1. The van der Waals surface area contributed by atoms with Crippen molar-refractivity contribution >= 4 is 5.82 Å². The maximum Gasteiger partial charge on any atom is 0.144 e. The van der Waals surface area contributed by atoms with Gasteiger partial charge in [-0.2, -0.15) is 0 Å². The van der Waals surface area contributed by atoms with Gasteiger partial charge in [-0.15, -0.1) is 0 Å². The van der Waals surface area contributed by atoms with Crippen molar-refractivity contribution in [1.82, 2.24) is 9.97 Å². The van der Waals surface area contributed by atoms with Crippen LogP contribution in [0.1, 0.15) is 25.0 Å². The number of rotatable bonds is 5. The van der Waals surface area contributed by atoms with E-state index in [0.29, 0.717) is 17.8 Å². The van der Waals surface area contributed by atoms with Gasteiger partial charge in [0.1, 0.15) is 11.6 Å². The fourth-order valence-electron chi connectivity index (χ4n) is 1.84. The molecule has 1 aromatic heterocycles. The van der Waals surface area contributed by atoms with Crippen molar-refractivity contribution in [3.8, 4) is 0 Å². The van der Waals surface area contributed by atoms with Crippen LogP contribution in [-0.2, 0) is 0 Å². The number of aliphatic hydroxyl groups is 1. The number of anilines is 1. The number of nitrogens with zero attached hydrogens (tertiary/aromatic N) is 2. The number of aromatic nitrogens is 2. The molecule has 1 heterocycles. The fourth-order valence-corrected chi connectivity index (χ4v) is 1.84. The van der Waals surface area contributed by atoms with Crippen molar-refractivity contribution in [2.24, 2.45) is 0 Å². The molecule has 2 aromatic rings. The summed E-state index contributed by atoms with van der Waals surface area (Å²) in [5, 5.41) is 13.2. The van der Waals surface area contributed by atoms with Gasteiger partial charge in [0.2, 0.25) is 0 Å². The summed E-state index contributed by atoms with van der Waals surface area (Å²) < 4.78 is 12.8. The van der Waals surface area contributed by atoms with E-state index < -0.39 is 6.10 Å². The monoisotopic (exact) mass is 261 g/mol. The van der Waals surface area contributed by atoms with Crippen LogP contribution in [-0.4, -0.2) is 21.1 Å². The highest BCUT2D eigenvalue weighted by molar-refractivity contribution is 5.31. The molecule has 2 N–H and O–H groups in total.